The van der Waals surface area contributed by atoms with Crippen molar-refractivity contribution in [1.29, 1.82) is 0 Å². The van der Waals surface area contributed by atoms with Crippen LogP contribution in [-0.4, -0.2) is 47.0 Å². The predicted molar refractivity (Wildman–Crippen MR) is 114 cm³/mol. The molecule has 2 aromatic heterocycles. The van der Waals surface area contributed by atoms with Crippen LogP contribution in [0.1, 0.15) is 45.8 Å². The number of rotatable bonds is 2. The van der Waals surface area contributed by atoms with Gasteiger partial charge >= 0.3 is 0 Å². The van der Waals surface area contributed by atoms with Crippen molar-refractivity contribution in [2.24, 2.45) is 0 Å². The fourth-order valence-electron chi connectivity index (χ4n) is 4.35. The van der Waals surface area contributed by atoms with Gasteiger partial charge in [0.05, 0.1) is 15.9 Å². The smallest absolute Gasteiger partial charge is 0.263 e. The van der Waals surface area contributed by atoms with Crippen LogP contribution in [0.15, 0.2) is 30.3 Å². The molecular weight excluding hydrogens is 368 g/mol. The second-order valence-corrected chi connectivity index (χ2v) is 8.97. The van der Waals surface area contributed by atoms with Gasteiger partial charge in [-0.2, -0.15) is 0 Å². The van der Waals surface area contributed by atoms with Crippen LogP contribution in [0.2, 0.25) is 0 Å². The maximum Gasteiger partial charge on any atom is 0.263 e. The third-order valence-corrected chi connectivity index (χ3v) is 7.14. The minimum Gasteiger partial charge on any atom is -0.341 e. The van der Waals surface area contributed by atoms with Gasteiger partial charge in [0, 0.05) is 31.1 Å². The third kappa shape index (κ3) is 3.41. The van der Waals surface area contributed by atoms with Gasteiger partial charge in [-0.15, -0.1) is 11.3 Å². The minimum atomic E-state index is 0.213. The topological polar surface area (TPSA) is 52.2 Å². The number of hydrogen-bond acceptors (Lipinski definition) is 4. The first-order valence-electron chi connectivity index (χ1n) is 10.4. The molecule has 0 atom stereocenters. The number of imidazole rings is 1. The molecule has 5 rings (SSSR count). The Bertz CT molecular complexity index is 935. The number of thiophene rings is 1. The Hall–Kier alpha value is -2.34. The first-order valence-corrected chi connectivity index (χ1v) is 11.2. The van der Waals surface area contributed by atoms with E-state index in [2.05, 4.69) is 22.0 Å². The van der Waals surface area contributed by atoms with E-state index in [0.717, 1.165) is 67.3 Å². The van der Waals surface area contributed by atoms with Crippen molar-refractivity contribution in [3.63, 3.8) is 0 Å². The van der Waals surface area contributed by atoms with E-state index in [1.807, 2.05) is 23.1 Å². The van der Waals surface area contributed by atoms with E-state index in [4.69, 9.17) is 4.98 Å². The molecule has 1 fully saturated rings. The Kier molecular flexibility index (Phi) is 4.81. The highest BCUT2D eigenvalue weighted by molar-refractivity contribution is 7.14. The lowest BCUT2D eigenvalue weighted by molar-refractivity contribution is 0.0771. The van der Waals surface area contributed by atoms with Crippen LogP contribution in [-0.2, 0) is 12.8 Å². The summed E-state index contributed by atoms with van der Waals surface area (Å²) in [6.07, 6.45) is 7.08. The van der Waals surface area contributed by atoms with E-state index in [0.29, 0.717) is 0 Å². The fourth-order valence-corrected chi connectivity index (χ4v) is 5.57. The summed E-state index contributed by atoms with van der Waals surface area (Å²) in [5, 5.41) is 0. The summed E-state index contributed by atoms with van der Waals surface area (Å²) in [4.78, 5) is 28.0. The largest absolute Gasteiger partial charge is 0.341 e. The van der Waals surface area contributed by atoms with Crippen molar-refractivity contribution in [3.05, 3.63) is 45.6 Å². The molecule has 1 aliphatic heterocycles. The summed E-state index contributed by atoms with van der Waals surface area (Å²) in [5.74, 6) is 1.13. The number of fused-ring (bicyclic) bond motifs is 2. The molecule has 28 heavy (non-hydrogen) atoms. The van der Waals surface area contributed by atoms with E-state index in [9.17, 15) is 4.79 Å². The minimum absolute atomic E-state index is 0.213. The zero-order valence-electron chi connectivity index (χ0n) is 16.1. The van der Waals surface area contributed by atoms with Gasteiger partial charge in [-0.3, -0.25) is 4.79 Å². The van der Waals surface area contributed by atoms with Crippen LogP contribution < -0.4 is 4.90 Å². The van der Waals surface area contributed by atoms with E-state index in [1.54, 1.807) is 11.3 Å². The lowest BCUT2D eigenvalue weighted by Crippen LogP contribution is -2.35. The Morgan fingerprint density at radius 1 is 1.00 bits per heavy atom. The molecule has 1 amide bonds. The molecule has 1 saturated heterocycles. The molecule has 146 valence electrons. The number of H-pyrrole nitrogens is 1. The first kappa shape index (κ1) is 17.7. The molecule has 2 aliphatic rings. The van der Waals surface area contributed by atoms with Crippen molar-refractivity contribution >= 4 is 34.2 Å². The lowest BCUT2D eigenvalue weighted by Gasteiger charge is -2.21. The monoisotopic (exact) mass is 394 g/mol. The number of aryl methyl sites for hydroxylation is 2. The summed E-state index contributed by atoms with van der Waals surface area (Å²) < 4.78 is 0. The molecule has 1 aromatic carbocycles. The lowest BCUT2D eigenvalue weighted by atomic mass is 10.1. The van der Waals surface area contributed by atoms with Crippen molar-refractivity contribution in [3.8, 4) is 0 Å². The summed E-state index contributed by atoms with van der Waals surface area (Å²) in [6, 6.07) is 10.3. The van der Waals surface area contributed by atoms with Crippen molar-refractivity contribution in [2.45, 2.75) is 38.5 Å². The van der Waals surface area contributed by atoms with Gasteiger partial charge in [0.1, 0.15) is 0 Å². The van der Waals surface area contributed by atoms with Gasteiger partial charge in [-0.1, -0.05) is 18.6 Å². The van der Waals surface area contributed by atoms with E-state index in [-0.39, 0.29) is 5.91 Å². The summed E-state index contributed by atoms with van der Waals surface area (Å²) in [5.41, 5.74) is 3.48. The van der Waals surface area contributed by atoms with E-state index in [1.165, 1.54) is 29.7 Å². The summed E-state index contributed by atoms with van der Waals surface area (Å²) in [6.45, 7) is 3.30. The van der Waals surface area contributed by atoms with Gasteiger partial charge < -0.3 is 14.8 Å². The third-order valence-electron chi connectivity index (χ3n) is 5.92. The molecule has 5 nitrogen and oxygen atoms in total. The highest BCUT2D eigenvalue weighted by Gasteiger charge is 2.24. The van der Waals surface area contributed by atoms with E-state index >= 15 is 0 Å². The maximum atomic E-state index is 13.1. The van der Waals surface area contributed by atoms with Crippen LogP contribution in [0.5, 0.6) is 0 Å². The second kappa shape index (κ2) is 7.59. The number of anilines is 1. The highest BCUT2D eigenvalue weighted by atomic mass is 32.1. The number of carbonyl (C=O) groups excluding carboxylic acids is 1. The number of aromatic nitrogens is 2. The summed E-state index contributed by atoms with van der Waals surface area (Å²) >= 11 is 1.73. The molecule has 3 heterocycles. The van der Waals surface area contributed by atoms with Crippen LogP contribution in [0.25, 0.3) is 11.0 Å². The average Bonchev–Trinajstić information content (AvgIpc) is 3.15. The zero-order chi connectivity index (χ0) is 18.9. The number of nitrogens with zero attached hydrogens (tertiary/aromatic N) is 3. The van der Waals surface area contributed by atoms with E-state index < -0.39 is 0 Å². The number of nitrogens with one attached hydrogen (secondary N) is 1. The molecule has 0 unspecified atom stereocenters. The molecule has 0 radical (unpaired) electrons. The van der Waals surface area contributed by atoms with Gasteiger partial charge in [-0.05, 0) is 55.9 Å². The second-order valence-electron chi connectivity index (χ2n) is 7.83. The average molecular weight is 395 g/mol. The van der Waals surface area contributed by atoms with Gasteiger partial charge in [0.2, 0.25) is 5.95 Å². The highest BCUT2D eigenvalue weighted by Crippen LogP contribution is 2.30. The normalized spacial score (nSPS) is 18.0. The van der Waals surface area contributed by atoms with Gasteiger partial charge in [-0.25, -0.2) is 4.98 Å². The number of amides is 1. The fraction of sp³-hybridized carbons (Fsp3) is 0.455. The SMILES string of the molecule is O=C(c1cc2c(s1)CCCCC2)N1CCCN(c2nc3ccccc3[nH]2)CC1. The van der Waals surface area contributed by atoms with Crippen LogP contribution >= 0.6 is 11.3 Å². The number of carbonyl (C=O) groups is 1. The standard InChI is InChI=1S/C22H26N4OS/c27-21(20-15-16-7-2-1-3-10-19(16)28-20)25-11-6-12-26(14-13-25)22-23-17-8-4-5-9-18(17)24-22/h4-5,8-9,15H,1-3,6-7,10-14H2,(H,23,24). The van der Waals surface area contributed by atoms with Crippen molar-refractivity contribution < 1.29 is 4.79 Å². The van der Waals surface area contributed by atoms with Crippen LogP contribution in [0.3, 0.4) is 0 Å². The predicted octanol–water partition coefficient (Wildman–Crippen LogP) is 4.25. The number of para-hydroxylation sites is 2. The molecule has 0 saturated carbocycles. The zero-order valence-corrected chi connectivity index (χ0v) is 16.9. The Morgan fingerprint density at radius 3 is 2.82 bits per heavy atom. The molecule has 1 aliphatic carbocycles. The van der Waals surface area contributed by atoms with Gasteiger partial charge in [0.25, 0.3) is 5.91 Å². The van der Waals surface area contributed by atoms with Crippen LogP contribution in [0, 0.1) is 0 Å². The van der Waals surface area contributed by atoms with Crippen molar-refractivity contribution in [2.75, 3.05) is 31.1 Å². The van der Waals surface area contributed by atoms with Crippen molar-refractivity contribution in [1.82, 2.24) is 14.9 Å². The number of aromatic amines is 1. The Balaban J connectivity index is 1.29. The Labute approximate surface area is 169 Å². The summed E-state index contributed by atoms with van der Waals surface area (Å²) in [7, 11) is 0. The van der Waals surface area contributed by atoms with Crippen LogP contribution in [0.4, 0.5) is 5.95 Å². The Morgan fingerprint density at radius 2 is 1.89 bits per heavy atom. The molecule has 1 N–H and O–H groups in total. The molecule has 0 spiro atoms. The molecule has 0 bridgehead atoms. The molecular formula is C22H26N4OS. The quantitative estimate of drug-likeness (QED) is 0.661. The molecule has 3 aromatic rings. The first-order chi connectivity index (χ1) is 13.8. The maximum absolute atomic E-state index is 13.1. The number of benzene rings is 1. The van der Waals surface area contributed by atoms with Gasteiger partial charge in [0.15, 0.2) is 0 Å². The molecule has 6 heteroatoms. The number of hydrogen-bond donors (Lipinski definition) is 1.